The van der Waals surface area contributed by atoms with E-state index in [9.17, 15) is 0 Å². The highest BCUT2D eigenvalue weighted by atomic mass is 35.5. The summed E-state index contributed by atoms with van der Waals surface area (Å²) in [6, 6.07) is 6.60. The van der Waals surface area contributed by atoms with Gasteiger partial charge >= 0.3 is 0 Å². The first-order valence-corrected chi connectivity index (χ1v) is 7.74. The number of nitrogens with one attached hydrogen (secondary N) is 1. The molecule has 1 N–H and O–H groups in total. The minimum Gasteiger partial charge on any atom is -0.492 e. The van der Waals surface area contributed by atoms with Crippen LogP contribution in [0.1, 0.15) is 31.2 Å². The maximum Gasteiger partial charge on any atom is 0.119 e. The van der Waals surface area contributed by atoms with Gasteiger partial charge in [0.2, 0.25) is 0 Å². The van der Waals surface area contributed by atoms with Gasteiger partial charge in [-0.05, 0) is 68.2 Å². The quantitative estimate of drug-likeness (QED) is 0.767. The molecule has 2 saturated carbocycles. The van der Waals surface area contributed by atoms with Crippen LogP contribution in [0.4, 0.5) is 0 Å². The normalized spacial score (nSPS) is 18.9. The topological polar surface area (TPSA) is 21.3 Å². The average Bonchev–Trinajstić information content (AvgIpc) is 3.27. The molecule has 19 heavy (non-hydrogen) atoms. The number of hydrogen-bond donors (Lipinski definition) is 1. The van der Waals surface area contributed by atoms with Gasteiger partial charge in [-0.1, -0.05) is 11.6 Å². The van der Waals surface area contributed by atoms with Crippen molar-refractivity contribution in [3.63, 3.8) is 0 Å². The van der Waals surface area contributed by atoms with Crippen molar-refractivity contribution in [1.82, 2.24) is 5.32 Å². The van der Waals surface area contributed by atoms with E-state index in [1.165, 1.54) is 25.7 Å². The molecule has 0 saturated heterocycles. The van der Waals surface area contributed by atoms with Gasteiger partial charge in [0.1, 0.15) is 12.4 Å². The third kappa shape index (κ3) is 3.64. The van der Waals surface area contributed by atoms with Crippen LogP contribution in [0.2, 0.25) is 5.02 Å². The number of aryl methyl sites for hydroxylation is 1. The fourth-order valence-electron chi connectivity index (χ4n) is 2.73. The molecule has 104 valence electrons. The van der Waals surface area contributed by atoms with Crippen molar-refractivity contribution in [1.29, 1.82) is 0 Å². The summed E-state index contributed by atoms with van der Waals surface area (Å²) in [5.41, 5.74) is 1.07. The van der Waals surface area contributed by atoms with Gasteiger partial charge in [0.05, 0.1) is 0 Å². The predicted octanol–water partition coefficient (Wildman–Crippen LogP) is 3.81. The molecule has 0 radical (unpaired) electrons. The third-order valence-corrected chi connectivity index (χ3v) is 4.56. The molecule has 2 aliphatic rings. The van der Waals surface area contributed by atoms with Gasteiger partial charge in [0.15, 0.2) is 0 Å². The van der Waals surface area contributed by atoms with Gasteiger partial charge in [-0.2, -0.15) is 0 Å². The Hall–Kier alpha value is -0.730. The number of rotatable bonds is 7. The van der Waals surface area contributed by atoms with Crippen molar-refractivity contribution >= 4 is 11.6 Å². The molecule has 2 fully saturated rings. The molecule has 3 heteroatoms. The Morgan fingerprint density at radius 2 is 1.95 bits per heavy atom. The Balaban J connectivity index is 1.41. The number of hydrogen-bond acceptors (Lipinski definition) is 2. The lowest BCUT2D eigenvalue weighted by Crippen LogP contribution is -2.36. The number of halogens is 1. The van der Waals surface area contributed by atoms with Crippen molar-refractivity contribution < 1.29 is 4.74 Å². The molecular weight excluding hydrogens is 258 g/mol. The van der Waals surface area contributed by atoms with E-state index in [2.05, 4.69) is 5.32 Å². The van der Waals surface area contributed by atoms with Crippen LogP contribution >= 0.6 is 11.6 Å². The van der Waals surface area contributed by atoms with Gasteiger partial charge in [-0.25, -0.2) is 0 Å². The summed E-state index contributed by atoms with van der Waals surface area (Å²) in [6.07, 6.45) is 5.69. The van der Waals surface area contributed by atoms with E-state index >= 15 is 0 Å². The van der Waals surface area contributed by atoms with Gasteiger partial charge < -0.3 is 10.1 Å². The molecule has 0 bridgehead atoms. The highest BCUT2D eigenvalue weighted by Crippen LogP contribution is 2.44. The molecule has 0 aliphatic heterocycles. The second kappa shape index (κ2) is 5.72. The SMILES string of the molecule is Cc1cc(OCCNC(C2CC2)C2CC2)ccc1Cl. The lowest BCUT2D eigenvalue weighted by atomic mass is 10.1. The van der Waals surface area contributed by atoms with Gasteiger partial charge in [-0.15, -0.1) is 0 Å². The van der Waals surface area contributed by atoms with Gasteiger partial charge in [0.25, 0.3) is 0 Å². The first-order chi connectivity index (χ1) is 9.24. The van der Waals surface area contributed by atoms with E-state index < -0.39 is 0 Å². The maximum atomic E-state index is 6.00. The highest BCUT2D eigenvalue weighted by Gasteiger charge is 2.40. The third-order valence-electron chi connectivity index (χ3n) is 4.14. The van der Waals surface area contributed by atoms with Crippen molar-refractivity contribution in [2.75, 3.05) is 13.2 Å². The maximum absolute atomic E-state index is 6.00. The molecule has 2 aliphatic carbocycles. The molecule has 1 aromatic carbocycles. The molecule has 3 rings (SSSR count). The number of ether oxygens (including phenoxy) is 1. The summed E-state index contributed by atoms with van der Waals surface area (Å²) < 4.78 is 5.77. The number of benzene rings is 1. The molecule has 0 amide bonds. The summed E-state index contributed by atoms with van der Waals surface area (Å²) >= 11 is 6.00. The van der Waals surface area contributed by atoms with Crippen LogP contribution in [0.25, 0.3) is 0 Å². The molecule has 0 spiro atoms. The fourth-order valence-corrected chi connectivity index (χ4v) is 2.85. The van der Waals surface area contributed by atoms with Crippen LogP contribution < -0.4 is 10.1 Å². The Bertz CT molecular complexity index is 428. The van der Waals surface area contributed by atoms with E-state index in [1.807, 2.05) is 25.1 Å². The predicted molar refractivity (Wildman–Crippen MR) is 78.9 cm³/mol. The molecule has 1 aromatic rings. The molecule has 0 aromatic heterocycles. The zero-order valence-electron chi connectivity index (χ0n) is 11.5. The van der Waals surface area contributed by atoms with Crippen LogP contribution in [0, 0.1) is 18.8 Å². The Morgan fingerprint density at radius 3 is 2.53 bits per heavy atom. The monoisotopic (exact) mass is 279 g/mol. The van der Waals surface area contributed by atoms with Crippen molar-refractivity contribution in [2.24, 2.45) is 11.8 Å². The molecular formula is C16H22ClNO. The van der Waals surface area contributed by atoms with Crippen molar-refractivity contribution in [3.05, 3.63) is 28.8 Å². The second-order valence-corrected chi connectivity index (χ2v) is 6.32. The van der Waals surface area contributed by atoms with Gasteiger partial charge in [-0.3, -0.25) is 0 Å². The summed E-state index contributed by atoms with van der Waals surface area (Å²) in [5, 5.41) is 4.49. The van der Waals surface area contributed by atoms with Crippen LogP contribution in [-0.2, 0) is 0 Å². The average molecular weight is 280 g/mol. The summed E-state index contributed by atoms with van der Waals surface area (Å²) in [7, 11) is 0. The van der Waals surface area contributed by atoms with Crippen molar-refractivity contribution in [3.8, 4) is 5.75 Å². The van der Waals surface area contributed by atoms with Crippen LogP contribution in [-0.4, -0.2) is 19.2 Å². The van der Waals surface area contributed by atoms with Crippen molar-refractivity contribution in [2.45, 2.75) is 38.6 Å². The minimum absolute atomic E-state index is 0.733. The van der Waals surface area contributed by atoms with E-state index in [0.717, 1.165) is 47.4 Å². The minimum atomic E-state index is 0.733. The lowest BCUT2D eigenvalue weighted by Gasteiger charge is -2.17. The first-order valence-electron chi connectivity index (χ1n) is 7.36. The fraction of sp³-hybridized carbons (Fsp3) is 0.625. The highest BCUT2D eigenvalue weighted by molar-refractivity contribution is 6.31. The molecule has 2 nitrogen and oxygen atoms in total. The largest absolute Gasteiger partial charge is 0.492 e. The second-order valence-electron chi connectivity index (χ2n) is 5.91. The molecule has 0 unspecified atom stereocenters. The van der Waals surface area contributed by atoms with Crippen LogP contribution in [0.3, 0.4) is 0 Å². The Labute approximate surface area is 120 Å². The lowest BCUT2D eigenvalue weighted by molar-refractivity contribution is 0.293. The summed E-state index contributed by atoms with van der Waals surface area (Å²) in [4.78, 5) is 0. The first kappa shape index (κ1) is 13.3. The van der Waals surface area contributed by atoms with E-state index in [1.54, 1.807) is 0 Å². The zero-order chi connectivity index (χ0) is 13.2. The Morgan fingerprint density at radius 1 is 1.26 bits per heavy atom. The van der Waals surface area contributed by atoms with E-state index in [4.69, 9.17) is 16.3 Å². The van der Waals surface area contributed by atoms with Crippen LogP contribution in [0.5, 0.6) is 5.75 Å². The smallest absolute Gasteiger partial charge is 0.119 e. The van der Waals surface area contributed by atoms with Gasteiger partial charge in [0, 0.05) is 17.6 Å². The van der Waals surface area contributed by atoms with Crippen LogP contribution in [0.15, 0.2) is 18.2 Å². The molecule has 0 atom stereocenters. The zero-order valence-corrected chi connectivity index (χ0v) is 12.2. The standard InChI is InChI=1S/C16H22ClNO/c1-11-10-14(6-7-15(11)17)19-9-8-18-16(12-2-3-12)13-4-5-13/h6-7,10,12-13,16,18H,2-5,8-9H2,1H3. The van der Waals surface area contributed by atoms with E-state index in [0.29, 0.717) is 0 Å². The van der Waals surface area contributed by atoms with E-state index in [-0.39, 0.29) is 0 Å². The summed E-state index contributed by atoms with van der Waals surface area (Å²) in [5.74, 6) is 2.81. The Kier molecular flexibility index (Phi) is 3.99. The molecule has 0 heterocycles. The summed E-state index contributed by atoms with van der Waals surface area (Å²) in [6.45, 7) is 3.68.